The number of hydrogen-bond donors (Lipinski definition) is 1. The molecule has 0 radical (unpaired) electrons. The Balaban J connectivity index is 1.40. The first-order valence-electron chi connectivity index (χ1n) is 8.41. The molecule has 7 heteroatoms. The first-order chi connectivity index (χ1) is 12.1. The first-order valence-corrected chi connectivity index (χ1v) is 9.40. The topological polar surface area (TPSA) is 75.4 Å². The smallest absolute Gasteiger partial charge is 0.338 e. The van der Waals surface area contributed by atoms with E-state index in [-0.39, 0.29) is 23.4 Å². The molecule has 1 saturated heterocycles. The molecule has 0 saturated carbocycles. The third kappa shape index (κ3) is 3.04. The number of hydrogen-bond acceptors (Lipinski definition) is 4. The second-order valence-corrected chi connectivity index (χ2v) is 7.53. The van der Waals surface area contributed by atoms with E-state index in [2.05, 4.69) is 17.2 Å². The second-order valence-electron chi connectivity index (χ2n) is 6.47. The third-order valence-corrected chi connectivity index (χ3v) is 6.18. The number of amides is 1. The molecule has 130 valence electrons. The number of aromatic nitrogens is 2. The Hall–Kier alpha value is -2.28. The summed E-state index contributed by atoms with van der Waals surface area (Å²) < 4.78 is 1.73. The molecule has 0 bridgehead atoms. The lowest BCUT2D eigenvalue weighted by Crippen LogP contribution is -2.41. The molecule has 25 heavy (non-hydrogen) atoms. The van der Waals surface area contributed by atoms with Gasteiger partial charge in [-0.1, -0.05) is 18.2 Å². The monoisotopic (exact) mass is 357 g/mol. The van der Waals surface area contributed by atoms with E-state index in [9.17, 15) is 9.59 Å². The Bertz CT molecular complexity index is 811. The van der Waals surface area contributed by atoms with Crippen LogP contribution in [0, 0.1) is 0 Å². The van der Waals surface area contributed by atoms with E-state index in [4.69, 9.17) is 5.11 Å². The highest BCUT2D eigenvalue weighted by atomic mass is 32.2. The Morgan fingerprint density at radius 1 is 1.20 bits per heavy atom. The number of carbonyl (C=O) groups excluding carboxylic acids is 1. The molecule has 6 nitrogen and oxygen atoms in total. The minimum atomic E-state index is -0.962. The Morgan fingerprint density at radius 2 is 1.96 bits per heavy atom. The average molecular weight is 357 g/mol. The van der Waals surface area contributed by atoms with Gasteiger partial charge in [0, 0.05) is 29.9 Å². The van der Waals surface area contributed by atoms with Crippen molar-refractivity contribution >= 4 is 23.6 Å². The molecule has 2 aromatic rings. The third-order valence-electron chi connectivity index (χ3n) is 5.00. The van der Waals surface area contributed by atoms with E-state index in [1.165, 1.54) is 11.1 Å². The van der Waals surface area contributed by atoms with Crippen LogP contribution in [-0.2, 0) is 4.79 Å². The summed E-state index contributed by atoms with van der Waals surface area (Å²) in [7, 11) is 0. The summed E-state index contributed by atoms with van der Waals surface area (Å²) in [6.45, 7) is 1.38. The van der Waals surface area contributed by atoms with E-state index >= 15 is 0 Å². The Morgan fingerprint density at radius 3 is 2.68 bits per heavy atom. The number of thioether (sulfide) groups is 1. The van der Waals surface area contributed by atoms with Gasteiger partial charge >= 0.3 is 5.97 Å². The van der Waals surface area contributed by atoms with Gasteiger partial charge in [-0.25, -0.2) is 4.79 Å². The fraction of sp³-hybridized carbons (Fsp3) is 0.389. The van der Waals surface area contributed by atoms with Gasteiger partial charge in [0.2, 0.25) is 5.91 Å². The van der Waals surface area contributed by atoms with E-state index in [1.54, 1.807) is 22.6 Å². The molecule has 1 N–H and O–H groups in total. The van der Waals surface area contributed by atoms with Crippen molar-refractivity contribution in [3.63, 3.8) is 0 Å². The molecule has 0 spiro atoms. The highest BCUT2D eigenvalue weighted by molar-refractivity contribution is 7.99. The van der Waals surface area contributed by atoms with Crippen molar-refractivity contribution in [3.8, 4) is 0 Å². The van der Waals surface area contributed by atoms with Crippen LogP contribution in [0.15, 0.2) is 41.6 Å². The lowest BCUT2D eigenvalue weighted by molar-refractivity contribution is -0.133. The standard InChI is InChI=1S/C18H19N3O3S/c22-17(15-11-25-16-4-2-1-3-14(15)16)20-7-5-13(6-8-20)21-10-12(9-19-21)18(23)24/h1-4,9-10,13,15H,5-8,11H2,(H,23,24). The molecule has 4 rings (SSSR count). The molecule has 3 heterocycles. The molecule has 2 aliphatic rings. The van der Waals surface area contributed by atoms with Gasteiger partial charge in [-0.05, 0) is 24.5 Å². The maximum atomic E-state index is 12.9. The quantitative estimate of drug-likeness (QED) is 0.914. The summed E-state index contributed by atoms with van der Waals surface area (Å²) in [5.74, 6) is 0.0269. The van der Waals surface area contributed by atoms with Crippen molar-refractivity contribution in [2.45, 2.75) is 29.7 Å². The number of fused-ring (bicyclic) bond motifs is 1. The number of carboxylic acids is 1. The zero-order valence-corrected chi connectivity index (χ0v) is 14.5. The summed E-state index contributed by atoms with van der Waals surface area (Å²) in [6.07, 6.45) is 4.56. The van der Waals surface area contributed by atoms with Crippen LogP contribution in [0.3, 0.4) is 0 Å². The van der Waals surface area contributed by atoms with Crippen LogP contribution >= 0.6 is 11.8 Å². The molecule has 1 atom stereocenters. The molecular formula is C18H19N3O3S. The van der Waals surface area contributed by atoms with E-state index in [0.717, 1.165) is 24.2 Å². The van der Waals surface area contributed by atoms with Crippen LogP contribution < -0.4 is 0 Å². The van der Waals surface area contributed by atoms with Gasteiger partial charge in [0.1, 0.15) is 0 Å². The van der Waals surface area contributed by atoms with Crippen LogP contribution in [0.5, 0.6) is 0 Å². The number of carboxylic acid groups (broad SMARTS) is 1. The van der Waals surface area contributed by atoms with Gasteiger partial charge in [0.25, 0.3) is 0 Å². The summed E-state index contributed by atoms with van der Waals surface area (Å²) in [6, 6.07) is 8.30. The van der Waals surface area contributed by atoms with Crippen molar-refractivity contribution in [3.05, 3.63) is 47.8 Å². The normalized spacial score (nSPS) is 20.5. The van der Waals surface area contributed by atoms with Crippen molar-refractivity contribution in [2.75, 3.05) is 18.8 Å². The fourth-order valence-electron chi connectivity index (χ4n) is 3.59. The minimum absolute atomic E-state index is 0.0407. The molecule has 2 aliphatic heterocycles. The molecule has 1 aromatic carbocycles. The van der Waals surface area contributed by atoms with Crippen LogP contribution in [0.1, 0.15) is 40.7 Å². The molecular weight excluding hydrogens is 338 g/mol. The minimum Gasteiger partial charge on any atom is -0.478 e. The molecule has 1 fully saturated rings. The van der Waals surface area contributed by atoms with Crippen molar-refractivity contribution in [2.24, 2.45) is 0 Å². The highest BCUT2D eigenvalue weighted by Gasteiger charge is 2.34. The number of nitrogens with zero attached hydrogens (tertiary/aromatic N) is 3. The van der Waals surface area contributed by atoms with Gasteiger partial charge in [-0.2, -0.15) is 5.10 Å². The van der Waals surface area contributed by atoms with Gasteiger partial charge < -0.3 is 10.0 Å². The number of aromatic carboxylic acids is 1. The van der Waals surface area contributed by atoms with Gasteiger partial charge in [0.15, 0.2) is 0 Å². The lowest BCUT2D eigenvalue weighted by Gasteiger charge is -2.33. The van der Waals surface area contributed by atoms with Crippen molar-refractivity contribution in [1.82, 2.24) is 14.7 Å². The van der Waals surface area contributed by atoms with Gasteiger partial charge in [-0.3, -0.25) is 9.48 Å². The zero-order chi connectivity index (χ0) is 17.4. The van der Waals surface area contributed by atoms with E-state index < -0.39 is 5.97 Å². The van der Waals surface area contributed by atoms with Crippen LogP contribution in [0.2, 0.25) is 0 Å². The second kappa shape index (κ2) is 6.55. The van der Waals surface area contributed by atoms with E-state index in [1.807, 2.05) is 17.0 Å². The summed E-state index contributed by atoms with van der Waals surface area (Å²) in [4.78, 5) is 27.1. The molecule has 1 unspecified atom stereocenters. The van der Waals surface area contributed by atoms with Crippen molar-refractivity contribution < 1.29 is 14.7 Å². The number of rotatable bonds is 3. The van der Waals surface area contributed by atoms with Gasteiger partial charge in [-0.15, -0.1) is 11.8 Å². The summed E-state index contributed by atoms with van der Waals surface area (Å²) in [5.41, 5.74) is 1.36. The number of likely N-dealkylation sites (tertiary alicyclic amines) is 1. The lowest BCUT2D eigenvalue weighted by atomic mass is 9.97. The predicted octanol–water partition coefficient (Wildman–Crippen LogP) is 2.63. The largest absolute Gasteiger partial charge is 0.478 e. The number of benzene rings is 1. The van der Waals surface area contributed by atoms with E-state index in [0.29, 0.717) is 13.1 Å². The summed E-state index contributed by atoms with van der Waals surface area (Å²) >= 11 is 1.75. The summed E-state index contributed by atoms with van der Waals surface area (Å²) in [5, 5.41) is 13.2. The maximum Gasteiger partial charge on any atom is 0.338 e. The zero-order valence-electron chi connectivity index (χ0n) is 13.7. The average Bonchev–Trinajstić information content (AvgIpc) is 3.29. The number of piperidine rings is 1. The fourth-order valence-corrected chi connectivity index (χ4v) is 4.81. The van der Waals surface area contributed by atoms with Gasteiger partial charge in [0.05, 0.1) is 23.7 Å². The molecule has 1 amide bonds. The van der Waals surface area contributed by atoms with Crippen molar-refractivity contribution in [1.29, 1.82) is 0 Å². The first kappa shape index (κ1) is 16.2. The predicted molar refractivity (Wildman–Crippen MR) is 93.9 cm³/mol. The maximum absolute atomic E-state index is 12.9. The highest BCUT2D eigenvalue weighted by Crippen LogP contribution is 2.40. The Labute approximate surface area is 149 Å². The SMILES string of the molecule is O=C(O)c1cnn(C2CCN(C(=O)C3CSc4ccccc43)CC2)c1. The number of carbonyl (C=O) groups is 2. The van der Waals surface area contributed by atoms with Crippen LogP contribution in [0.25, 0.3) is 0 Å². The van der Waals surface area contributed by atoms with Crippen LogP contribution in [-0.4, -0.2) is 50.5 Å². The molecule has 0 aliphatic carbocycles. The Kier molecular flexibility index (Phi) is 4.25. The molecule has 1 aromatic heterocycles. The van der Waals surface area contributed by atoms with Crippen LogP contribution in [0.4, 0.5) is 0 Å².